The molecule has 4 rings (SSSR count). The van der Waals surface area contributed by atoms with Crippen LogP contribution in [0.15, 0.2) is 29.3 Å². The number of pyridine rings is 1. The van der Waals surface area contributed by atoms with Gasteiger partial charge in [-0.3, -0.25) is 9.69 Å². The zero-order valence-electron chi connectivity index (χ0n) is 17.2. The second kappa shape index (κ2) is 10.1. The zero-order valence-corrected chi connectivity index (χ0v) is 17.9. The first-order valence-electron chi connectivity index (χ1n) is 10.5. The van der Waals surface area contributed by atoms with Gasteiger partial charge in [-0.2, -0.15) is 10.4 Å². The summed E-state index contributed by atoms with van der Waals surface area (Å²) in [6.45, 7) is 5.16. The topological polar surface area (TPSA) is 107 Å². The Hall–Kier alpha value is -2.67. The highest BCUT2D eigenvalue weighted by Gasteiger charge is 2.27. The number of halogens is 1. The van der Waals surface area contributed by atoms with Gasteiger partial charge < -0.3 is 14.4 Å². The van der Waals surface area contributed by atoms with Crippen molar-refractivity contribution in [2.75, 3.05) is 44.2 Å². The third kappa shape index (κ3) is 5.53. The molecule has 2 atom stereocenters. The maximum absolute atomic E-state index is 11.5. The number of ether oxygens (including phenoxy) is 2. The van der Waals surface area contributed by atoms with E-state index in [-0.39, 0.29) is 23.0 Å². The number of nitrogens with zero attached hydrogens (tertiary/aromatic N) is 5. The first-order valence-corrected chi connectivity index (χ1v) is 10.8. The van der Waals surface area contributed by atoms with Gasteiger partial charge in [0, 0.05) is 38.9 Å². The summed E-state index contributed by atoms with van der Waals surface area (Å²) in [7, 11) is 0. The van der Waals surface area contributed by atoms with E-state index in [4.69, 9.17) is 26.3 Å². The first-order chi connectivity index (χ1) is 15.1. The molecule has 9 nitrogen and oxygen atoms in total. The van der Waals surface area contributed by atoms with Crippen LogP contribution < -0.4 is 15.2 Å². The van der Waals surface area contributed by atoms with Gasteiger partial charge >= 0.3 is 0 Å². The van der Waals surface area contributed by atoms with Crippen molar-refractivity contribution in [3.63, 3.8) is 0 Å². The quantitative estimate of drug-likeness (QED) is 0.689. The fraction of sp³-hybridized carbons (Fsp3) is 0.524. The standard InChI is InChI=1S/C21H25ClN6O3/c22-20-18(13-25-26-21(20)29)30-14-17-3-2-16(31-17)5-6-27-7-9-28(10-8-27)19-4-1-15(11-23)12-24-19/h1,4,12-13,16-17H,2-3,5-10,14H2,(H,26,29)/t16-,17-/m1/s1. The van der Waals surface area contributed by atoms with Gasteiger partial charge in [0.1, 0.15) is 18.5 Å². The largest absolute Gasteiger partial charge is 0.487 e. The van der Waals surface area contributed by atoms with Crippen LogP contribution in [-0.2, 0) is 4.74 Å². The van der Waals surface area contributed by atoms with Gasteiger partial charge in [0.2, 0.25) is 0 Å². The molecule has 0 radical (unpaired) electrons. The van der Waals surface area contributed by atoms with Gasteiger partial charge in [0.05, 0.1) is 24.0 Å². The molecule has 0 aliphatic carbocycles. The number of nitriles is 1. The molecule has 2 aliphatic rings. The first kappa shape index (κ1) is 21.6. The van der Waals surface area contributed by atoms with Crippen LogP contribution in [0, 0.1) is 11.3 Å². The smallest absolute Gasteiger partial charge is 0.286 e. The molecule has 2 aliphatic heterocycles. The highest BCUT2D eigenvalue weighted by molar-refractivity contribution is 6.31. The van der Waals surface area contributed by atoms with Crippen molar-refractivity contribution in [1.29, 1.82) is 5.26 Å². The number of hydrogen-bond donors (Lipinski definition) is 1. The Morgan fingerprint density at radius 3 is 2.77 bits per heavy atom. The lowest BCUT2D eigenvalue weighted by Gasteiger charge is -2.35. The normalized spacial score (nSPS) is 21.7. The van der Waals surface area contributed by atoms with E-state index in [1.54, 1.807) is 6.20 Å². The Labute approximate surface area is 185 Å². The molecule has 10 heteroatoms. The third-order valence-corrected chi connectivity index (χ3v) is 6.08. The predicted octanol–water partition coefficient (Wildman–Crippen LogP) is 1.83. The summed E-state index contributed by atoms with van der Waals surface area (Å²) in [6, 6.07) is 5.83. The Kier molecular flexibility index (Phi) is 7.02. The van der Waals surface area contributed by atoms with Crippen molar-refractivity contribution in [2.24, 2.45) is 0 Å². The zero-order chi connectivity index (χ0) is 21.6. The Bertz CT molecular complexity index is 968. The van der Waals surface area contributed by atoms with Gasteiger partial charge in [-0.15, -0.1) is 0 Å². The molecule has 0 spiro atoms. The molecule has 2 aromatic heterocycles. The van der Waals surface area contributed by atoms with Crippen LogP contribution in [0.3, 0.4) is 0 Å². The molecular weight excluding hydrogens is 420 g/mol. The molecule has 2 fully saturated rings. The van der Waals surface area contributed by atoms with Crippen LogP contribution in [0.4, 0.5) is 5.82 Å². The van der Waals surface area contributed by atoms with Crippen LogP contribution >= 0.6 is 11.6 Å². The fourth-order valence-electron chi connectivity index (χ4n) is 3.93. The monoisotopic (exact) mass is 444 g/mol. The third-order valence-electron chi connectivity index (χ3n) is 5.72. The van der Waals surface area contributed by atoms with Crippen LogP contribution in [0.1, 0.15) is 24.8 Å². The molecule has 0 unspecified atom stereocenters. The number of hydrogen-bond acceptors (Lipinski definition) is 8. The number of aromatic amines is 1. The average molecular weight is 445 g/mol. The minimum Gasteiger partial charge on any atom is -0.487 e. The van der Waals surface area contributed by atoms with Crippen LogP contribution in [0.2, 0.25) is 5.02 Å². The molecule has 2 aromatic rings. The van der Waals surface area contributed by atoms with E-state index in [0.717, 1.165) is 57.8 Å². The molecule has 164 valence electrons. The van der Waals surface area contributed by atoms with Crippen molar-refractivity contribution in [3.8, 4) is 11.8 Å². The highest BCUT2D eigenvalue weighted by atomic mass is 35.5. The van der Waals surface area contributed by atoms with Crippen molar-refractivity contribution >= 4 is 17.4 Å². The maximum atomic E-state index is 11.5. The Balaban J connectivity index is 1.16. The number of H-pyrrole nitrogens is 1. The summed E-state index contributed by atoms with van der Waals surface area (Å²) in [5.74, 6) is 1.21. The number of anilines is 1. The number of piperazine rings is 1. The van der Waals surface area contributed by atoms with E-state index < -0.39 is 5.56 Å². The van der Waals surface area contributed by atoms with Crippen molar-refractivity contribution in [1.82, 2.24) is 20.1 Å². The van der Waals surface area contributed by atoms with E-state index in [2.05, 4.69) is 31.1 Å². The van der Waals surface area contributed by atoms with Gasteiger partial charge in [-0.1, -0.05) is 11.6 Å². The summed E-state index contributed by atoms with van der Waals surface area (Å²) < 4.78 is 11.7. The van der Waals surface area contributed by atoms with Crippen LogP contribution in [0.5, 0.6) is 5.75 Å². The molecule has 0 bridgehead atoms. The van der Waals surface area contributed by atoms with E-state index in [0.29, 0.717) is 12.2 Å². The summed E-state index contributed by atoms with van der Waals surface area (Å²) in [6.07, 6.45) is 6.17. The van der Waals surface area contributed by atoms with Gasteiger partial charge in [-0.25, -0.2) is 10.1 Å². The summed E-state index contributed by atoms with van der Waals surface area (Å²) in [5.41, 5.74) is 0.124. The second-order valence-corrected chi connectivity index (χ2v) is 8.16. The lowest BCUT2D eigenvalue weighted by Crippen LogP contribution is -2.47. The molecule has 0 amide bonds. The lowest BCUT2D eigenvalue weighted by molar-refractivity contribution is 0.0101. The molecule has 2 saturated heterocycles. The minimum atomic E-state index is -0.459. The van der Waals surface area contributed by atoms with Gasteiger partial charge in [-0.05, 0) is 31.4 Å². The molecule has 31 heavy (non-hydrogen) atoms. The average Bonchev–Trinajstić information content (AvgIpc) is 3.27. The number of aromatic nitrogens is 3. The van der Waals surface area contributed by atoms with Crippen molar-refractivity contribution in [3.05, 3.63) is 45.5 Å². The van der Waals surface area contributed by atoms with Gasteiger partial charge in [0.25, 0.3) is 5.56 Å². The second-order valence-electron chi connectivity index (χ2n) is 7.78. The van der Waals surface area contributed by atoms with E-state index in [1.165, 1.54) is 6.20 Å². The Morgan fingerprint density at radius 1 is 1.23 bits per heavy atom. The van der Waals surface area contributed by atoms with Gasteiger partial charge in [0.15, 0.2) is 10.8 Å². The van der Waals surface area contributed by atoms with E-state index in [9.17, 15) is 4.79 Å². The highest BCUT2D eigenvalue weighted by Crippen LogP contribution is 2.25. The predicted molar refractivity (Wildman–Crippen MR) is 115 cm³/mol. The van der Waals surface area contributed by atoms with Crippen molar-refractivity contribution < 1.29 is 9.47 Å². The van der Waals surface area contributed by atoms with E-state index in [1.807, 2.05) is 12.1 Å². The molecule has 0 saturated carbocycles. The lowest BCUT2D eigenvalue weighted by atomic mass is 10.1. The minimum absolute atomic E-state index is 0.000316. The molecule has 4 heterocycles. The van der Waals surface area contributed by atoms with Crippen LogP contribution in [0.25, 0.3) is 0 Å². The van der Waals surface area contributed by atoms with Crippen molar-refractivity contribution in [2.45, 2.75) is 31.5 Å². The number of rotatable bonds is 7. The number of nitrogens with one attached hydrogen (secondary N) is 1. The summed E-state index contributed by atoms with van der Waals surface area (Å²) in [4.78, 5) is 20.6. The maximum Gasteiger partial charge on any atom is 0.286 e. The fourth-order valence-corrected chi connectivity index (χ4v) is 4.08. The summed E-state index contributed by atoms with van der Waals surface area (Å²) >= 11 is 5.93. The summed E-state index contributed by atoms with van der Waals surface area (Å²) in [5, 5.41) is 14.9. The molecule has 0 aromatic carbocycles. The van der Waals surface area contributed by atoms with E-state index >= 15 is 0 Å². The van der Waals surface area contributed by atoms with Crippen LogP contribution in [-0.4, -0.2) is 71.6 Å². The molecular formula is C21H25ClN6O3. The molecule has 1 N–H and O–H groups in total. The SMILES string of the molecule is N#Cc1ccc(N2CCN(CC[C@H]3CC[C@H](COc4cn[nH]c(=O)c4Cl)O3)CC2)nc1. The Morgan fingerprint density at radius 2 is 2.03 bits per heavy atom.